The van der Waals surface area contributed by atoms with E-state index in [1.165, 1.54) is 23.6 Å². The molecule has 0 atom stereocenters. The number of nitrogens with one attached hydrogen (secondary N) is 1. The molecule has 0 saturated heterocycles. The van der Waals surface area contributed by atoms with Crippen molar-refractivity contribution in [1.29, 1.82) is 0 Å². The molecule has 2 rings (SSSR count). The van der Waals surface area contributed by atoms with Crippen molar-refractivity contribution >= 4 is 22.9 Å². The van der Waals surface area contributed by atoms with Gasteiger partial charge in [0.15, 0.2) is 5.82 Å². The number of amides is 1. The Morgan fingerprint density at radius 3 is 3.05 bits per heavy atom. The fraction of sp³-hybridized carbons (Fsp3) is 0.0769. The van der Waals surface area contributed by atoms with E-state index >= 15 is 0 Å². The Morgan fingerprint density at radius 1 is 1.47 bits per heavy atom. The van der Waals surface area contributed by atoms with Gasteiger partial charge in [-0.05, 0) is 18.2 Å². The Balaban J connectivity index is 2.12. The molecule has 0 saturated carbocycles. The second-order valence-corrected chi connectivity index (χ2v) is 4.56. The Bertz CT molecular complexity index is 657. The van der Waals surface area contributed by atoms with Crippen LogP contribution < -0.4 is 11.1 Å². The molecule has 0 radical (unpaired) electrons. The number of halogens is 1. The fourth-order valence-corrected chi connectivity index (χ4v) is 2.10. The Labute approximate surface area is 113 Å². The number of hydrogen-bond acceptors (Lipinski definition) is 4. The molecule has 1 amide bonds. The molecule has 0 aliphatic heterocycles. The van der Waals surface area contributed by atoms with Gasteiger partial charge in [0.2, 0.25) is 0 Å². The Hall–Kier alpha value is -2.23. The highest BCUT2D eigenvalue weighted by Gasteiger charge is 2.11. The largest absolute Gasteiger partial charge is 0.320 e. The first-order valence-corrected chi connectivity index (χ1v) is 6.22. The number of nitrogens with two attached hydrogens (primary N) is 1. The molecule has 2 aromatic heterocycles. The van der Waals surface area contributed by atoms with Crippen molar-refractivity contribution in [3.8, 4) is 11.8 Å². The third-order valence-electron chi connectivity index (χ3n) is 2.16. The normalized spacial score (nSPS) is 9.58. The summed E-state index contributed by atoms with van der Waals surface area (Å²) >= 11 is 1.23. The second-order valence-electron chi connectivity index (χ2n) is 3.48. The summed E-state index contributed by atoms with van der Waals surface area (Å²) in [6.45, 7) is 0.266. The van der Waals surface area contributed by atoms with E-state index in [9.17, 15) is 9.18 Å². The lowest BCUT2D eigenvalue weighted by Gasteiger charge is -2.03. The van der Waals surface area contributed by atoms with E-state index in [4.69, 9.17) is 5.73 Å². The van der Waals surface area contributed by atoms with Crippen LogP contribution in [0, 0.1) is 17.7 Å². The van der Waals surface area contributed by atoms with Gasteiger partial charge in [0.1, 0.15) is 0 Å². The van der Waals surface area contributed by atoms with E-state index in [0.29, 0.717) is 4.88 Å². The van der Waals surface area contributed by atoms with E-state index in [1.54, 1.807) is 12.1 Å². The van der Waals surface area contributed by atoms with E-state index < -0.39 is 5.82 Å². The molecule has 6 heteroatoms. The number of thiophene rings is 1. The summed E-state index contributed by atoms with van der Waals surface area (Å²) in [5, 5.41) is 2.48. The molecule has 2 aromatic rings. The summed E-state index contributed by atoms with van der Waals surface area (Å²) in [6, 6.07) is 4.76. The number of hydrogen-bond donors (Lipinski definition) is 2. The summed E-state index contributed by atoms with van der Waals surface area (Å²) in [5.74, 6) is 4.59. The SMILES string of the molecule is NCC#Cc1ccc(C(=O)Nc2ccncc2F)s1. The molecule has 0 aliphatic rings. The van der Waals surface area contributed by atoms with E-state index in [2.05, 4.69) is 22.1 Å². The lowest BCUT2D eigenvalue weighted by molar-refractivity contribution is 0.103. The van der Waals surface area contributed by atoms with Crippen LogP contribution >= 0.6 is 11.3 Å². The minimum Gasteiger partial charge on any atom is -0.320 e. The van der Waals surface area contributed by atoms with Gasteiger partial charge in [-0.1, -0.05) is 11.8 Å². The lowest BCUT2D eigenvalue weighted by atomic mass is 10.3. The summed E-state index contributed by atoms with van der Waals surface area (Å²) in [5.41, 5.74) is 5.37. The molecule has 3 N–H and O–H groups in total. The minimum atomic E-state index is -0.574. The van der Waals surface area contributed by atoms with Gasteiger partial charge in [-0.3, -0.25) is 9.78 Å². The lowest BCUT2D eigenvalue weighted by Crippen LogP contribution is -2.11. The number of nitrogens with zero attached hydrogens (tertiary/aromatic N) is 1. The zero-order valence-electron chi connectivity index (χ0n) is 9.81. The first kappa shape index (κ1) is 13.2. The van der Waals surface area contributed by atoms with Crippen LogP contribution in [0.1, 0.15) is 14.5 Å². The van der Waals surface area contributed by atoms with Crippen molar-refractivity contribution in [3.05, 3.63) is 46.2 Å². The second kappa shape index (κ2) is 6.09. The predicted molar refractivity (Wildman–Crippen MR) is 72.4 cm³/mol. The fourth-order valence-electron chi connectivity index (χ4n) is 1.33. The number of carbonyl (C=O) groups is 1. The minimum absolute atomic E-state index is 0.1000. The van der Waals surface area contributed by atoms with Gasteiger partial charge in [-0.2, -0.15) is 0 Å². The maximum atomic E-state index is 13.3. The van der Waals surface area contributed by atoms with Crippen LogP contribution in [-0.2, 0) is 0 Å². The molecule has 4 nitrogen and oxygen atoms in total. The van der Waals surface area contributed by atoms with Crippen molar-refractivity contribution in [2.45, 2.75) is 0 Å². The van der Waals surface area contributed by atoms with Crippen LogP contribution in [0.5, 0.6) is 0 Å². The summed E-state index contributed by atoms with van der Waals surface area (Å²) in [4.78, 5) is 16.7. The molecule has 0 fully saturated rings. The van der Waals surface area contributed by atoms with E-state index in [0.717, 1.165) is 11.1 Å². The average molecular weight is 275 g/mol. The average Bonchev–Trinajstić information content (AvgIpc) is 2.88. The van der Waals surface area contributed by atoms with Crippen molar-refractivity contribution in [2.75, 3.05) is 11.9 Å². The molecule has 0 spiro atoms. The number of rotatable bonds is 2. The van der Waals surface area contributed by atoms with Crippen molar-refractivity contribution < 1.29 is 9.18 Å². The number of carbonyl (C=O) groups excluding carboxylic acids is 1. The molecular formula is C13H10FN3OS. The standard InChI is InChI=1S/C13H10FN3OS/c14-10-8-16-7-5-11(10)17-13(18)12-4-3-9(19-12)2-1-6-15/h3-5,7-8H,6,15H2,(H,16,17,18). The zero-order valence-corrected chi connectivity index (χ0v) is 10.6. The predicted octanol–water partition coefficient (Wildman–Crippen LogP) is 1.84. The Morgan fingerprint density at radius 2 is 2.32 bits per heavy atom. The van der Waals surface area contributed by atoms with Gasteiger partial charge >= 0.3 is 0 Å². The van der Waals surface area contributed by atoms with Gasteiger partial charge in [0, 0.05) is 6.20 Å². The van der Waals surface area contributed by atoms with Gasteiger partial charge in [-0.15, -0.1) is 11.3 Å². The maximum Gasteiger partial charge on any atom is 0.265 e. The molecule has 19 heavy (non-hydrogen) atoms. The van der Waals surface area contributed by atoms with Gasteiger partial charge < -0.3 is 11.1 Å². The first-order chi connectivity index (χ1) is 9.20. The molecule has 0 aliphatic carbocycles. The van der Waals surface area contributed by atoms with Crippen LogP contribution in [0.4, 0.5) is 10.1 Å². The first-order valence-electron chi connectivity index (χ1n) is 5.40. The molecular weight excluding hydrogens is 265 g/mol. The van der Waals surface area contributed by atoms with Gasteiger partial charge in [0.05, 0.1) is 28.2 Å². The van der Waals surface area contributed by atoms with Crippen LogP contribution in [-0.4, -0.2) is 17.4 Å². The zero-order chi connectivity index (χ0) is 13.7. The highest BCUT2D eigenvalue weighted by molar-refractivity contribution is 7.14. The van der Waals surface area contributed by atoms with Crippen LogP contribution in [0.3, 0.4) is 0 Å². The summed E-state index contributed by atoms with van der Waals surface area (Å²) in [7, 11) is 0. The molecule has 0 bridgehead atoms. The van der Waals surface area contributed by atoms with Crippen LogP contribution in [0.25, 0.3) is 0 Å². The number of pyridine rings is 1. The van der Waals surface area contributed by atoms with Crippen LogP contribution in [0.15, 0.2) is 30.6 Å². The van der Waals surface area contributed by atoms with E-state index in [-0.39, 0.29) is 18.1 Å². The van der Waals surface area contributed by atoms with E-state index in [1.807, 2.05) is 0 Å². The third kappa shape index (κ3) is 3.37. The monoisotopic (exact) mass is 275 g/mol. The molecule has 2 heterocycles. The smallest absolute Gasteiger partial charge is 0.265 e. The van der Waals surface area contributed by atoms with Gasteiger partial charge in [0.25, 0.3) is 5.91 Å². The summed E-state index contributed by atoms with van der Waals surface area (Å²) in [6.07, 6.45) is 2.45. The quantitative estimate of drug-likeness (QED) is 0.822. The highest BCUT2D eigenvalue weighted by Crippen LogP contribution is 2.18. The molecule has 96 valence electrons. The molecule has 0 aromatic carbocycles. The maximum absolute atomic E-state index is 13.3. The Kier molecular flexibility index (Phi) is 4.23. The van der Waals surface area contributed by atoms with Crippen molar-refractivity contribution in [3.63, 3.8) is 0 Å². The molecule has 0 unspecified atom stereocenters. The van der Waals surface area contributed by atoms with Crippen molar-refractivity contribution in [2.24, 2.45) is 5.73 Å². The number of anilines is 1. The number of aromatic nitrogens is 1. The summed E-state index contributed by atoms with van der Waals surface area (Å²) < 4.78 is 13.3. The topological polar surface area (TPSA) is 68.0 Å². The van der Waals surface area contributed by atoms with Gasteiger partial charge in [-0.25, -0.2) is 4.39 Å². The van der Waals surface area contributed by atoms with Crippen LogP contribution in [0.2, 0.25) is 0 Å². The third-order valence-corrected chi connectivity index (χ3v) is 3.16. The highest BCUT2D eigenvalue weighted by atomic mass is 32.1. The van der Waals surface area contributed by atoms with Crippen molar-refractivity contribution in [1.82, 2.24) is 4.98 Å².